The number of carbonyl (C=O) groups is 1. The van der Waals surface area contributed by atoms with Crippen LogP contribution in [0.3, 0.4) is 0 Å². The normalized spacial score (nSPS) is 10.3. The molecule has 18 heavy (non-hydrogen) atoms. The smallest absolute Gasteiger partial charge is 0.174 e. The summed E-state index contributed by atoms with van der Waals surface area (Å²) in [5.74, 6) is -0.359. The Morgan fingerprint density at radius 3 is 2.89 bits per heavy atom. The number of rotatable bonds is 4. The number of halogens is 2. The summed E-state index contributed by atoms with van der Waals surface area (Å²) < 4.78 is 13.9. The highest BCUT2D eigenvalue weighted by atomic mass is 79.9. The zero-order valence-corrected chi connectivity index (χ0v) is 11.7. The zero-order chi connectivity index (χ0) is 13.0. The third kappa shape index (κ3) is 3.65. The molecule has 2 rings (SSSR count). The van der Waals surface area contributed by atoms with E-state index in [1.165, 1.54) is 24.0 Å². The lowest BCUT2D eigenvalue weighted by Crippen LogP contribution is -2.03. The minimum Gasteiger partial charge on any atom is -0.293 e. The summed E-state index contributed by atoms with van der Waals surface area (Å²) in [6.07, 6.45) is 2.46. The zero-order valence-electron chi connectivity index (χ0n) is 9.27. The molecule has 0 spiro atoms. The van der Waals surface area contributed by atoms with E-state index >= 15 is 0 Å². The molecule has 2 nitrogen and oxygen atoms in total. The number of hydrogen-bond donors (Lipinski definition) is 0. The quantitative estimate of drug-likeness (QED) is 0.629. The van der Waals surface area contributed by atoms with E-state index in [-0.39, 0.29) is 11.5 Å². The highest BCUT2D eigenvalue weighted by molar-refractivity contribution is 9.10. The first-order valence-electron chi connectivity index (χ1n) is 5.17. The molecule has 0 aliphatic rings. The van der Waals surface area contributed by atoms with Crippen LogP contribution in [0.1, 0.15) is 10.4 Å². The van der Waals surface area contributed by atoms with Crippen molar-refractivity contribution in [1.82, 2.24) is 4.98 Å². The van der Waals surface area contributed by atoms with Gasteiger partial charge in [-0.25, -0.2) is 4.39 Å². The number of ketones is 1. The maximum absolute atomic E-state index is 12.9. The number of benzene rings is 1. The van der Waals surface area contributed by atoms with Crippen LogP contribution in [0.2, 0.25) is 0 Å². The molecule has 5 heteroatoms. The summed E-state index contributed by atoms with van der Waals surface area (Å²) in [6, 6.07) is 8.88. The van der Waals surface area contributed by atoms with Crippen LogP contribution in [-0.2, 0) is 0 Å². The highest BCUT2D eigenvalue weighted by Crippen LogP contribution is 2.22. The summed E-state index contributed by atoms with van der Waals surface area (Å²) in [5, 5.41) is 0. The number of thioether (sulfide) groups is 1. The van der Waals surface area contributed by atoms with Crippen molar-refractivity contribution in [3.05, 3.63) is 58.6 Å². The van der Waals surface area contributed by atoms with Gasteiger partial charge >= 0.3 is 0 Å². The fourth-order valence-electron chi connectivity index (χ4n) is 1.35. The van der Waals surface area contributed by atoms with Crippen molar-refractivity contribution in [2.24, 2.45) is 0 Å². The second-order valence-corrected chi connectivity index (χ2v) is 5.53. The Bertz CT molecular complexity index is 576. The SMILES string of the molecule is O=C(CSc1cccc(Br)c1)c1cncc(F)c1. The second kappa shape index (κ2) is 6.11. The molecule has 0 aliphatic carbocycles. The molecular formula is C13H9BrFNOS. The van der Waals surface area contributed by atoms with Gasteiger partial charge in [0.1, 0.15) is 5.82 Å². The van der Waals surface area contributed by atoms with E-state index in [4.69, 9.17) is 0 Å². The molecule has 1 aromatic carbocycles. The molecule has 0 unspecified atom stereocenters. The average molecular weight is 326 g/mol. The van der Waals surface area contributed by atoms with Crippen molar-refractivity contribution in [2.45, 2.75) is 4.90 Å². The van der Waals surface area contributed by atoms with Crippen LogP contribution in [0, 0.1) is 5.82 Å². The van der Waals surface area contributed by atoms with Gasteiger partial charge in [-0.1, -0.05) is 22.0 Å². The Labute approximate surface area is 117 Å². The van der Waals surface area contributed by atoms with Gasteiger partial charge in [-0.2, -0.15) is 0 Å². The lowest BCUT2D eigenvalue weighted by molar-refractivity contribution is 0.102. The Morgan fingerprint density at radius 1 is 1.33 bits per heavy atom. The molecule has 0 atom stereocenters. The Kier molecular flexibility index (Phi) is 4.49. The number of hydrogen-bond acceptors (Lipinski definition) is 3. The molecular weight excluding hydrogens is 317 g/mol. The molecule has 0 amide bonds. The number of pyridine rings is 1. The number of carbonyl (C=O) groups excluding carboxylic acids is 1. The van der Waals surface area contributed by atoms with Gasteiger partial charge in [0.05, 0.1) is 11.9 Å². The topological polar surface area (TPSA) is 30.0 Å². The predicted octanol–water partition coefficient (Wildman–Crippen LogP) is 3.96. The van der Waals surface area contributed by atoms with Crippen molar-refractivity contribution in [3.8, 4) is 0 Å². The largest absolute Gasteiger partial charge is 0.293 e. The van der Waals surface area contributed by atoms with Crippen LogP contribution < -0.4 is 0 Å². The molecule has 0 saturated carbocycles. The first-order chi connectivity index (χ1) is 8.65. The van der Waals surface area contributed by atoms with Crippen LogP contribution in [0.15, 0.2) is 52.1 Å². The van der Waals surface area contributed by atoms with E-state index < -0.39 is 5.82 Å². The third-order valence-electron chi connectivity index (χ3n) is 2.19. The fraction of sp³-hybridized carbons (Fsp3) is 0.0769. The van der Waals surface area contributed by atoms with Crippen LogP contribution in [0.25, 0.3) is 0 Å². The molecule has 0 N–H and O–H groups in total. The van der Waals surface area contributed by atoms with Gasteiger partial charge < -0.3 is 0 Å². The van der Waals surface area contributed by atoms with Crippen molar-refractivity contribution >= 4 is 33.5 Å². The molecule has 0 bridgehead atoms. The lowest BCUT2D eigenvalue weighted by Gasteiger charge is -2.02. The minimum absolute atomic E-state index is 0.132. The van der Waals surface area contributed by atoms with Gasteiger partial charge in [0.15, 0.2) is 5.78 Å². The molecule has 2 aromatic rings. The molecule has 92 valence electrons. The van der Waals surface area contributed by atoms with Gasteiger partial charge in [-0.05, 0) is 24.3 Å². The Morgan fingerprint density at radius 2 is 2.17 bits per heavy atom. The van der Waals surface area contributed by atoms with Crippen LogP contribution in [-0.4, -0.2) is 16.5 Å². The van der Waals surface area contributed by atoms with Crippen LogP contribution >= 0.6 is 27.7 Å². The van der Waals surface area contributed by atoms with Gasteiger partial charge in [0, 0.05) is 21.1 Å². The number of aromatic nitrogens is 1. The maximum atomic E-state index is 12.9. The third-order valence-corrected chi connectivity index (χ3v) is 3.68. The monoisotopic (exact) mass is 325 g/mol. The van der Waals surface area contributed by atoms with E-state index in [1.807, 2.05) is 24.3 Å². The molecule has 1 aromatic heterocycles. The molecule has 0 saturated heterocycles. The second-order valence-electron chi connectivity index (χ2n) is 3.56. The van der Waals surface area contributed by atoms with E-state index in [0.29, 0.717) is 5.56 Å². The fourth-order valence-corrected chi connectivity index (χ4v) is 2.75. The number of nitrogens with zero attached hydrogens (tertiary/aromatic N) is 1. The summed E-state index contributed by atoms with van der Waals surface area (Å²) in [6.45, 7) is 0. The van der Waals surface area contributed by atoms with E-state index in [0.717, 1.165) is 15.6 Å². The molecule has 0 fully saturated rings. The lowest BCUT2D eigenvalue weighted by atomic mass is 10.2. The molecule has 1 heterocycles. The standard InChI is InChI=1S/C13H9BrFNOS/c14-10-2-1-3-12(5-10)18-8-13(17)9-4-11(15)7-16-6-9/h1-7H,8H2. The summed E-state index contributed by atoms with van der Waals surface area (Å²) >= 11 is 4.78. The van der Waals surface area contributed by atoms with Crippen LogP contribution in [0.4, 0.5) is 4.39 Å². The Hall–Kier alpha value is -1.20. The predicted molar refractivity (Wildman–Crippen MR) is 73.4 cm³/mol. The van der Waals surface area contributed by atoms with E-state index in [1.54, 1.807) is 0 Å². The highest BCUT2D eigenvalue weighted by Gasteiger charge is 2.08. The maximum Gasteiger partial charge on any atom is 0.174 e. The van der Waals surface area contributed by atoms with Gasteiger partial charge in [0.2, 0.25) is 0 Å². The molecule has 0 radical (unpaired) electrons. The first-order valence-corrected chi connectivity index (χ1v) is 6.95. The summed E-state index contributed by atoms with van der Waals surface area (Å²) in [7, 11) is 0. The minimum atomic E-state index is -0.492. The van der Waals surface area contributed by atoms with Gasteiger partial charge in [-0.3, -0.25) is 9.78 Å². The average Bonchev–Trinajstić information content (AvgIpc) is 2.36. The van der Waals surface area contributed by atoms with Crippen molar-refractivity contribution in [3.63, 3.8) is 0 Å². The van der Waals surface area contributed by atoms with Crippen LogP contribution in [0.5, 0.6) is 0 Å². The Balaban J connectivity index is 2.00. The van der Waals surface area contributed by atoms with Gasteiger partial charge in [0.25, 0.3) is 0 Å². The van der Waals surface area contributed by atoms with Crippen molar-refractivity contribution in [1.29, 1.82) is 0 Å². The summed E-state index contributed by atoms with van der Waals surface area (Å²) in [5.41, 5.74) is 0.303. The van der Waals surface area contributed by atoms with Crippen molar-refractivity contribution < 1.29 is 9.18 Å². The number of Topliss-reactive ketones (excluding diaryl/α,β-unsaturated/α-hetero) is 1. The van der Waals surface area contributed by atoms with Gasteiger partial charge in [-0.15, -0.1) is 11.8 Å². The molecule has 0 aliphatic heterocycles. The van der Waals surface area contributed by atoms with Crippen molar-refractivity contribution in [2.75, 3.05) is 5.75 Å². The first kappa shape index (κ1) is 13.2. The summed E-state index contributed by atoms with van der Waals surface area (Å²) in [4.78, 5) is 16.5. The van der Waals surface area contributed by atoms with E-state index in [2.05, 4.69) is 20.9 Å². The van der Waals surface area contributed by atoms with E-state index in [9.17, 15) is 9.18 Å².